The van der Waals surface area contributed by atoms with Crippen molar-refractivity contribution in [2.24, 2.45) is 0 Å². The predicted molar refractivity (Wildman–Crippen MR) is 57.3 cm³/mol. The van der Waals surface area contributed by atoms with Crippen molar-refractivity contribution in [3.05, 3.63) is 36.0 Å². The highest BCUT2D eigenvalue weighted by molar-refractivity contribution is 6.08. The van der Waals surface area contributed by atoms with Gasteiger partial charge in [0.05, 0.1) is 32.2 Å². The Labute approximate surface area is 97.2 Å². The van der Waals surface area contributed by atoms with Crippen LogP contribution in [0.25, 0.3) is 0 Å². The van der Waals surface area contributed by atoms with Crippen LogP contribution in [0.2, 0.25) is 0 Å². The molecular formula is C11H10N2O4. The van der Waals surface area contributed by atoms with Gasteiger partial charge in [-0.05, 0) is 6.07 Å². The van der Waals surface area contributed by atoms with E-state index < -0.39 is 0 Å². The molecule has 2 heterocycles. The van der Waals surface area contributed by atoms with E-state index in [4.69, 9.17) is 13.9 Å². The molecule has 0 spiro atoms. The number of hydrogen-bond donors (Lipinski definition) is 0. The van der Waals surface area contributed by atoms with Crippen molar-refractivity contribution in [2.75, 3.05) is 14.2 Å². The number of ketones is 1. The fourth-order valence-corrected chi connectivity index (χ4v) is 1.28. The predicted octanol–water partition coefficient (Wildman–Crippen LogP) is 1.32. The molecule has 0 atom stereocenters. The molecule has 2 rings (SSSR count). The number of hydrogen-bond acceptors (Lipinski definition) is 6. The lowest BCUT2D eigenvalue weighted by Gasteiger charge is -2.05. The SMILES string of the molecule is COc1cnc(C(=O)c2ccoc2)c(OC)n1. The van der Waals surface area contributed by atoms with Crippen molar-refractivity contribution < 1.29 is 18.7 Å². The van der Waals surface area contributed by atoms with Crippen LogP contribution in [0.15, 0.2) is 29.2 Å². The van der Waals surface area contributed by atoms with Gasteiger partial charge in [-0.1, -0.05) is 0 Å². The molecule has 0 aliphatic carbocycles. The summed E-state index contributed by atoms with van der Waals surface area (Å²) in [4.78, 5) is 20.0. The average Bonchev–Trinajstić information content (AvgIpc) is 2.91. The number of aromatic nitrogens is 2. The van der Waals surface area contributed by atoms with E-state index in [-0.39, 0.29) is 23.2 Å². The molecule has 17 heavy (non-hydrogen) atoms. The van der Waals surface area contributed by atoms with E-state index in [1.165, 1.54) is 32.9 Å². The monoisotopic (exact) mass is 234 g/mol. The van der Waals surface area contributed by atoms with Gasteiger partial charge >= 0.3 is 0 Å². The standard InChI is InChI=1S/C11H10N2O4/c1-15-8-5-12-9(11(13-8)16-2)10(14)7-3-4-17-6-7/h3-6H,1-2H3. The first kappa shape index (κ1) is 11.1. The van der Waals surface area contributed by atoms with Crippen LogP contribution in [0.5, 0.6) is 11.8 Å². The van der Waals surface area contributed by atoms with E-state index in [1.807, 2.05) is 0 Å². The highest BCUT2D eigenvalue weighted by Gasteiger charge is 2.19. The average molecular weight is 234 g/mol. The highest BCUT2D eigenvalue weighted by Crippen LogP contribution is 2.20. The van der Waals surface area contributed by atoms with Crippen molar-refractivity contribution in [1.29, 1.82) is 0 Å². The maximum absolute atomic E-state index is 12.0. The molecule has 0 fully saturated rings. The highest BCUT2D eigenvalue weighted by atomic mass is 16.5. The Hall–Kier alpha value is -2.37. The van der Waals surface area contributed by atoms with Crippen LogP contribution < -0.4 is 9.47 Å². The van der Waals surface area contributed by atoms with E-state index in [1.54, 1.807) is 6.07 Å². The molecule has 2 aromatic rings. The minimum absolute atomic E-state index is 0.120. The number of methoxy groups -OCH3 is 2. The van der Waals surface area contributed by atoms with Crippen LogP contribution in [-0.2, 0) is 0 Å². The fourth-order valence-electron chi connectivity index (χ4n) is 1.28. The summed E-state index contributed by atoms with van der Waals surface area (Å²) in [5.41, 5.74) is 0.512. The van der Waals surface area contributed by atoms with Gasteiger partial charge in [0, 0.05) is 0 Å². The van der Waals surface area contributed by atoms with E-state index in [0.29, 0.717) is 5.56 Å². The quantitative estimate of drug-likeness (QED) is 0.742. The third-order valence-electron chi connectivity index (χ3n) is 2.12. The smallest absolute Gasteiger partial charge is 0.247 e. The molecule has 0 N–H and O–H groups in total. The molecule has 0 aliphatic rings. The maximum atomic E-state index is 12.0. The second kappa shape index (κ2) is 4.65. The second-order valence-electron chi connectivity index (χ2n) is 3.11. The van der Waals surface area contributed by atoms with Crippen LogP contribution in [0.3, 0.4) is 0 Å². The Morgan fingerprint density at radius 2 is 2.18 bits per heavy atom. The van der Waals surface area contributed by atoms with Crippen molar-refractivity contribution in [2.45, 2.75) is 0 Å². The van der Waals surface area contributed by atoms with Crippen LogP contribution in [0.1, 0.15) is 16.1 Å². The molecule has 0 aliphatic heterocycles. The molecule has 88 valence electrons. The van der Waals surface area contributed by atoms with Crippen molar-refractivity contribution in [1.82, 2.24) is 9.97 Å². The summed E-state index contributed by atoms with van der Waals surface area (Å²) in [6.45, 7) is 0. The van der Waals surface area contributed by atoms with Gasteiger partial charge in [-0.2, -0.15) is 4.98 Å². The Bertz CT molecular complexity index is 522. The first-order chi connectivity index (χ1) is 8.26. The Balaban J connectivity index is 2.41. The maximum Gasteiger partial charge on any atom is 0.247 e. The van der Waals surface area contributed by atoms with Gasteiger partial charge in [0.25, 0.3) is 0 Å². The Kier molecular flexibility index (Phi) is 3.04. The van der Waals surface area contributed by atoms with Crippen molar-refractivity contribution in [3.63, 3.8) is 0 Å². The zero-order chi connectivity index (χ0) is 12.3. The zero-order valence-electron chi connectivity index (χ0n) is 9.34. The summed E-state index contributed by atoms with van der Waals surface area (Å²) in [5, 5.41) is 0. The lowest BCUT2D eigenvalue weighted by atomic mass is 10.1. The van der Waals surface area contributed by atoms with Gasteiger partial charge < -0.3 is 13.9 Å². The number of carbonyl (C=O) groups excluding carboxylic acids is 1. The molecule has 6 nitrogen and oxygen atoms in total. The van der Waals surface area contributed by atoms with Crippen LogP contribution in [-0.4, -0.2) is 30.0 Å². The minimum Gasteiger partial charge on any atom is -0.480 e. The molecular weight excluding hydrogens is 224 g/mol. The minimum atomic E-state index is -0.314. The van der Waals surface area contributed by atoms with E-state index >= 15 is 0 Å². The lowest BCUT2D eigenvalue weighted by molar-refractivity contribution is 0.102. The van der Waals surface area contributed by atoms with E-state index in [9.17, 15) is 4.79 Å². The largest absolute Gasteiger partial charge is 0.480 e. The van der Waals surface area contributed by atoms with Gasteiger partial charge in [0.1, 0.15) is 6.26 Å². The number of nitrogens with zero attached hydrogens (tertiary/aromatic N) is 2. The van der Waals surface area contributed by atoms with E-state index in [2.05, 4.69) is 9.97 Å². The first-order valence-electron chi connectivity index (χ1n) is 4.78. The molecule has 2 aromatic heterocycles. The number of ether oxygens (including phenoxy) is 2. The molecule has 0 saturated heterocycles. The molecule has 0 bridgehead atoms. The van der Waals surface area contributed by atoms with Gasteiger partial charge in [0.2, 0.25) is 17.5 Å². The van der Waals surface area contributed by atoms with Crippen molar-refractivity contribution in [3.8, 4) is 11.8 Å². The molecule has 0 amide bonds. The summed E-state index contributed by atoms with van der Waals surface area (Å²) in [7, 11) is 2.87. The van der Waals surface area contributed by atoms with Gasteiger partial charge in [-0.15, -0.1) is 0 Å². The van der Waals surface area contributed by atoms with Gasteiger partial charge in [0.15, 0.2) is 5.69 Å². The van der Waals surface area contributed by atoms with E-state index in [0.717, 1.165) is 0 Å². The molecule has 0 aromatic carbocycles. The zero-order valence-corrected chi connectivity index (χ0v) is 9.34. The molecule has 0 radical (unpaired) electrons. The molecule has 0 unspecified atom stereocenters. The third-order valence-corrected chi connectivity index (χ3v) is 2.12. The summed E-state index contributed by atoms with van der Waals surface area (Å²) in [5.74, 6) is 0.0897. The second-order valence-corrected chi connectivity index (χ2v) is 3.11. The first-order valence-corrected chi connectivity index (χ1v) is 4.78. The van der Waals surface area contributed by atoms with Crippen LogP contribution in [0.4, 0.5) is 0 Å². The summed E-state index contributed by atoms with van der Waals surface area (Å²) in [6, 6.07) is 1.55. The van der Waals surface area contributed by atoms with Crippen LogP contribution >= 0.6 is 0 Å². The normalized spacial score (nSPS) is 10.0. The summed E-state index contributed by atoms with van der Waals surface area (Å²) < 4.78 is 14.7. The van der Waals surface area contributed by atoms with Gasteiger partial charge in [-0.3, -0.25) is 4.79 Å². The number of carbonyl (C=O) groups is 1. The fraction of sp³-hybridized carbons (Fsp3) is 0.182. The van der Waals surface area contributed by atoms with Crippen molar-refractivity contribution >= 4 is 5.78 Å². The summed E-state index contributed by atoms with van der Waals surface area (Å²) in [6.07, 6.45) is 4.11. The Morgan fingerprint density at radius 3 is 2.76 bits per heavy atom. The topological polar surface area (TPSA) is 74.5 Å². The van der Waals surface area contributed by atoms with Crippen LogP contribution in [0, 0.1) is 0 Å². The Morgan fingerprint density at radius 1 is 1.35 bits per heavy atom. The summed E-state index contributed by atoms with van der Waals surface area (Å²) >= 11 is 0. The number of furan rings is 1. The number of rotatable bonds is 4. The third kappa shape index (κ3) is 2.10. The van der Waals surface area contributed by atoms with Gasteiger partial charge in [-0.25, -0.2) is 4.98 Å². The molecule has 0 saturated carbocycles. The molecule has 6 heteroatoms. The lowest BCUT2D eigenvalue weighted by Crippen LogP contribution is -2.08.